The molecule has 0 saturated carbocycles. The number of carbonyl (C=O) groups is 1. The molecule has 1 N–H and O–H groups in total. The summed E-state index contributed by atoms with van der Waals surface area (Å²) >= 11 is -2.12. The summed E-state index contributed by atoms with van der Waals surface area (Å²) in [6, 6.07) is 15.2. The van der Waals surface area contributed by atoms with E-state index in [9.17, 15) is 13.6 Å². The van der Waals surface area contributed by atoms with Crippen molar-refractivity contribution in [2.24, 2.45) is 0 Å². The molecule has 0 saturated heterocycles. The Balaban J connectivity index is 1.93. The van der Waals surface area contributed by atoms with Crippen molar-refractivity contribution in [3.8, 4) is 5.75 Å². The molecule has 1 unspecified atom stereocenters. The van der Waals surface area contributed by atoms with Crippen LogP contribution in [0.1, 0.15) is 5.56 Å². The van der Waals surface area contributed by atoms with Gasteiger partial charge in [0.2, 0.25) is 0 Å². The van der Waals surface area contributed by atoms with Crippen LogP contribution in [0.15, 0.2) is 54.6 Å². The van der Waals surface area contributed by atoms with Gasteiger partial charge >= 0.3 is 6.09 Å². The summed E-state index contributed by atoms with van der Waals surface area (Å²) in [5.41, 5.74) is 1.19. The van der Waals surface area contributed by atoms with Crippen molar-refractivity contribution in [2.75, 3.05) is 5.32 Å². The second-order valence-electron chi connectivity index (χ2n) is 3.97. The number of para-hydroxylation sites is 1. The van der Waals surface area contributed by atoms with Gasteiger partial charge in [-0.25, -0.2) is 4.79 Å². The van der Waals surface area contributed by atoms with Crippen molar-refractivity contribution in [3.63, 3.8) is 0 Å². The Bertz CT molecular complexity index is 598. The van der Waals surface area contributed by atoms with E-state index in [4.69, 9.17) is 4.74 Å². The van der Waals surface area contributed by atoms with E-state index in [1.807, 2.05) is 6.07 Å². The number of hydrogen-bond donors (Lipinski definition) is 1. The summed E-state index contributed by atoms with van der Waals surface area (Å²) in [4.78, 5) is 11.6. The van der Waals surface area contributed by atoms with Gasteiger partial charge in [0.25, 0.3) is 0 Å². The molecule has 2 aromatic carbocycles. The Morgan fingerprint density at radius 2 is 1.75 bits per heavy atom. The Labute approximate surface area is 118 Å². The molecule has 2 aromatic rings. The Hall–Kier alpha value is -2.18. The molecular weight excluding hydrogens is 278 g/mol. The van der Waals surface area contributed by atoms with Crippen LogP contribution >= 0.6 is 0 Å². The van der Waals surface area contributed by atoms with Gasteiger partial charge in [-0.3, -0.25) is 9.53 Å². The topological polar surface area (TPSA) is 78.5 Å². The molecule has 0 aliphatic rings. The van der Waals surface area contributed by atoms with Crippen molar-refractivity contribution >= 4 is 22.9 Å². The molecule has 104 valence electrons. The van der Waals surface area contributed by atoms with Crippen LogP contribution in [0.4, 0.5) is 10.5 Å². The summed E-state index contributed by atoms with van der Waals surface area (Å²) in [6.45, 7) is 0. The second-order valence-corrected chi connectivity index (χ2v) is 4.87. The van der Waals surface area contributed by atoms with E-state index < -0.39 is 17.2 Å². The number of benzene rings is 2. The van der Waals surface area contributed by atoms with Crippen LogP contribution in [-0.2, 0) is 16.8 Å². The standard InChI is InChI=1S/C14H13NO4S/c16-14(19-13-4-2-1-3-5-13)15-12-8-6-11(7-9-12)10-20(17)18/h1-9H,10H2,(H,15,16)(H,17,18)/p-1. The molecule has 0 spiro atoms. The van der Waals surface area contributed by atoms with Crippen molar-refractivity contribution in [2.45, 2.75) is 5.75 Å². The van der Waals surface area contributed by atoms with Gasteiger partial charge in [0.1, 0.15) is 5.75 Å². The summed E-state index contributed by atoms with van der Waals surface area (Å²) in [5, 5.41) is 2.56. The molecule has 2 rings (SSSR count). The molecule has 1 amide bonds. The normalized spacial score (nSPS) is 11.7. The fourth-order valence-electron chi connectivity index (χ4n) is 1.56. The number of anilines is 1. The summed E-state index contributed by atoms with van der Waals surface area (Å²) in [6.07, 6.45) is -0.601. The van der Waals surface area contributed by atoms with E-state index in [-0.39, 0.29) is 5.75 Å². The van der Waals surface area contributed by atoms with Crippen LogP contribution in [0.5, 0.6) is 5.75 Å². The Morgan fingerprint density at radius 1 is 1.10 bits per heavy atom. The number of hydrogen-bond acceptors (Lipinski definition) is 4. The average molecular weight is 290 g/mol. The van der Waals surface area contributed by atoms with Crippen molar-refractivity contribution in [3.05, 3.63) is 60.2 Å². The first-order chi connectivity index (χ1) is 9.63. The van der Waals surface area contributed by atoms with Crippen LogP contribution < -0.4 is 10.1 Å². The first-order valence-corrected chi connectivity index (χ1v) is 7.06. The van der Waals surface area contributed by atoms with E-state index in [2.05, 4.69) is 5.32 Å². The maximum Gasteiger partial charge on any atom is 0.417 e. The highest BCUT2D eigenvalue weighted by molar-refractivity contribution is 7.78. The smallest absolute Gasteiger partial charge is 0.417 e. The van der Waals surface area contributed by atoms with Gasteiger partial charge in [-0.1, -0.05) is 41.4 Å². The molecule has 0 bridgehead atoms. The highest BCUT2D eigenvalue weighted by atomic mass is 32.2. The molecule has 20 heavy (non-hydrogen) atoms. The number of rotatable bonds is 4. The lowest BCUT2D eigenvalue weighted by Gasteiger charge is -2.08. The van der Waals surface area contributed by atoms with Gasteiger partial charge < -0.3 is 9.29 Å². The van der Waals surface area contributed by atoms with Gasteiger partial charge in [0, 0.05) is 11.4 Å². The first kappa shape index (κ1) is 14.2. The van der Waals surface area contributed by atoms with Gasteiger partial charge in [-0.05, 0) is 29.8 Å². The third-order valence-electron chi connectivity index (χ3n) is 2.44. The molecule has 0 radical (unpaired) electrons. The predicted molar refractivity (Wildman–Crippen MR) is 75.2 cm³/mol. The summed E-state index contributed by atoms with van der Waals surface area (Å²) < 4.78 is 26.2. The molecular formula is C14H12NO4S-. The third-order valence-corrected chi connectivity index (χ3v) is 3.01. The fourth-order valence-corrected chi connectivity index (χ4v) is 2.02. The lowest BCUT2D eigenvalue weighted by molar-refractivity contribution is 0.215. The molecule has 6 heteroatoms. The Kier molecular flexibility index (Phi) is 4.86. The monoisotopic (exact) mass is 290 g/mol. The predicted octanol–water partition coefficient (Wildman–Crippen LogP) is 2.68. The SMILES string of the molecule is O=C(Nc1ccc(CS(=O)[O-])cc1)Oc1ccccc1. The zero-order chi connectivity index (χ0) is 14.4. The highest BCUT2D eigenvalue weighted by Crippen LogP contribution is 2.13. The van der Waals surface area contributed by atoms with Crippen LogP contribution in [0.3, 0.4) is 0 Å². The molecule has 0 heterocycles. The van der Waals surface area contributed by atoms with Gasteiger partial charge in [-0.15, -0.1) is 0 Å². The fraction of sp³-hybridized carbons (Fsp3) is 0.0714. The highest BCUT2D eigenvalue weighted by Gasteiger charge is 2.04. The van der Waals surface area contributed by atoms with E-state index in [0.717, 1.165) is 0 Å². The van der Waals surface area contributed by atoms with Gasteiger partial charge in [-0.2, -0.15) is 0 Å². The molecule has 1 atom stereocenters. The summed E-state index contributed by atoms with van der Waals surface area (Å²) in [7, 11) is 0. The van der Waals surface area contributed by atoms with E-state index in [0.29, 0.717) is 17.0 Å². The zero-order valence-electron chi connectivity index (χ0n) is 10.4. The van der Waals surface area contributed by atoms with Gasteiger partial charge in [0.15, 0.2) is 0 Å². The average Bonchev–Trinajstić information content (AvgIpc) is 2.41. The Morgan fingerprint density at radius 3 is 2.35 bits per heavy atom. The number of nitrogens with one attached hydrogen (secondary N) is 1. The molecule has 0 fully saturated rings. The first-order valence-electron chi connectivity index (χ1n) is 5.82. The maximum absolute atomic E-state index is 11.6. The zero-order valence-corrected chi connectivity index (χ0v) is 11.3. The van der Waals surface area contributed by atoms with Crippen LogP contribution in [-0.4, -0.2) is 14.9 Å². The van der Waals surface area contributed by atoms with Crippen molar-refractivity contribution in [1.82, 2.24) is 0 Å². The van der Waals surface area contributed by atoms with Crippen LogP contribution in [0.25, 0.3) is 0 Å². The molecule has 0 aromatic heterocycles. The molecule has 0 aliphatic carbocycles. The lowest BCUT2D eigenvalue weighted by atomic mass is 10.2. The lowest BCUT2D eigenvalue weighted by Crippen LogP contribution is -2.16. The minimum Gasteiger partial charge on any atom is -0.772 e. The second kappa shape index (κ2) is 6.83. The van der Waals surface area contributed by atoms with E-state index in [1.165, 1.54) is 0 Å². The van der Waals surface area contributed by atoms with Gasteiger partial charge in [0.05, 0.1) is 0 Å². The van der Waals surface area contributed by atoms with E-state index >= 15 is 0 Å². The van der Waals surface area contributed by atoms with Crippen LogP contribution in [0, 0.1) is 0 Å². The largest absolute Gasteiger partial charge is 0.772 e. The number of ether oxygens (including phenoxy) is 1. The maximum atomic E-state index is 11.6. The molecule has 5 nitrogen and oxygen atoms in total. The minimum atomic E-state index is -2.12. The molecule has 0 aliphatic heterocycles. The number of carbonyl (C=O) groups excluding carboxylic acids is 1. The minimum absolute atomic E-state index is 0.0469. The van der Waals surface area contributed by atoms with Crippen molar-refractivity contribution < 1.29 is 18.3 Å². The quantitative estimate of drug-likeness (QED) is 0.878. The van der Waals surface area contributed by atoms with Crippen LogP contribution in [0.2, 0.25) is 0 Å². The number of amides is 1. The third kappa shape index (κ3) is 4.49. The van der Waals surface area contributed by atoms with E-state index in [1.54, 1.807) is 48.5 Å². The summed E-state index contributed by atoms with van der Waals surface area (Å²) in [5.74, 6) is 0.401. The van der Waals surface area contributed by atoms with Crippen molar-refractivity contribution in [1.29, 1.82) is 0 Å².